The molecule has 0 aliphatic heterocycles. The van der Waals surface area contributed by atoms with Gasteiger partial charge in [0.25, 0.3) is 5.91 Å². The van der Waals surface area contributed by atoms with E-state index in [1.54, 1.807) is 24.3 Å². The zero-order valence-corrected chi connectivity index (χ0v) is 15.4. The highest BCUT2D eigenvalue weighted by atomic mass is 35.5. The third-order valence-corrected chi connectivity index (χ3v) is 3.59. The predicted molar refractivity (Wildman–Crippen MR) is 97.7 cm³/mol. The monoisotopic (exact) mass is 380 g/mol. The van der Waals surface area contributed by atoms with Crippen LogP contribution in [0.1, 0.15) is 37.0 Å². The summed E-state index contributed by atoms with van der Waals surface area (Å²) in [6.45, 7) is 2.38. The lowest BCUT2D eigenvalue weighted by Crippen LogP contribution is -2.25. The minimum absolute atomic E-state index is 0.0349. The van der Waals surface area contributed by atoms with Crippen molar-refractivity contribution in [3.8, 4) is 0 Å². The molecular formula is C18H21ClN2O5. The van der Waals surface area contributed by atoms with Crippen LogP contribution in [0.5, 0.6) is 0 Å². The molecule has 7 nitrogen and oxygen atoms in total. The van der Waals surface area contributed by atoms with E-state index in [1.807, 2.05) is 0 Å². The van der Waals surface area contributed by atoms with Gasteiger partial charge in [-0.05, 0) is 44.5 Å². The summed E-state index contributed by atoms with van der Waals surface area (Å²) in [4.78, 5) is 34.8. The van der Waals surface area contributed by atoms with E-state index in [2.05, 4.69) is 5.32 Å². The Morgan fingerprint density at radius 3 is 2.35 bits per heavy atom. The quantitative estimate of drug-likeness (QED) is 0.200. The van der Waals surface area contributed by atoms with Crippen molar-refractivity contribution in [2.24, 2.45) is 0 Å². The molecule has 0 atom stereocenters. The van der Waals surface area contributed by atoms with Gasteiger partial charge in [0, 0.05) is 29.3 Å². The zero-order valence-electron chi connectivity index (χ0n) is 14.6. The first-order chi connectivity index (χ1) is 12.2. The number of aliphatic hydroxyl groups is 1. The molecule has 0 unspecified atom stereocenters. The van der Waals surface area contributed by atoms with Crippen LogP contribution >= 0.6 is 11.6 Å². The molecule has 140 valence electrons. The number of rotatable bonds is 9. The summed E-state index contributed by atoms with van der Waals surface area (Å²) in [6.07, 6.45) is 0.388. The van der Waals surface area contributed by atoms with Crippen molar-refractivity contribution in [1.82, 2.24) is 5.32 Å². The van der Waals surface area contributed by atoms with Crippen molar-refractivity contribution in [3.05, 3.63) is 46.2 Å². The fourth-order valence-corrected chi connectivity index (χ4v) is 2.24. The molecule has 8 heteroatoms. The number of carbonyl (C=O) groups excluding carboxylic acids is 3. The van der Waals surface area contributed by atoms with Crippen LogP contribution in [-0.4, -0.2) is 41.6 Å². The van der Waals surface area contributed by atoms with Gasteiger partial charge in [0.2, 0.25) is 0 Å². The lowest BCUT2D eigenvalue weighted by atomic mass is 10.1. The molecule has 26 heavy (non-hydrogen) atoms. The number of carbonyl (C=O) groups is 3. The Bertz CT molecular complexity index is 710. The van der Waals surface area contributed by atoms with Gasteiger partial charge in [-0.3, -0.25) is 14.4 Å². The number of hydrogen-bond acceptors (Lipinski definition) is 6. The summed E-state index contributed by atoms with van der Waals surface area (Å²) >= 11 is 5.75. The molecule has 0 aromatic heterocycles. The van der Waals surface area contributed by atoms with Gasteiger partial charge in [-0.1, -0.05) is 11.6 Å². The Balaban J connectivity index is 2.35. The van der Waals surface area contributed by atoms with Gasteiger partial charge in [0.1, 0.15) is 12.4 Å². The molecule has 0 fully saturated rings. The van der Waals surface area contributed by atoms with Gasteiger partial charge in [-0.15, -0.1) is 0 Å². The first kappa shape index (κ1) is 21.4. The second kappa shape index (κ2) is 10.4. The SMILES string of the molecule is CC(=N)/C(C(C)=O)=C(\O)COC(=O)CCCNC(=O)c1ccc(Cl)cc1. The summed E-state index contributed by atoms with van der Waals surface area (Å²) in [5, 5.41) is 20.4. The van der Waals surface area contributed by atoms with Gasteiger partial charge >= 0.3 is 5.97 Å². The molecule has 1 rings (SSSR count). The predicted octanol–water partition coefficient (Wildman–Crippen LogP) is 2.83. The Hall–Kier alpha value is -2.67. The van der Waals surface area contributed by atoms with Crippen molar-refractivity contribution in [2.45, 2.75) is 26.7 Å². The number of amides is 1. The van der Waals surface area contributed by atoms with E-state index in [-0.39, 0.29) is 30.2 Å². The molecule has 1 amide bonds. The molecule has 0 radical (unpaired) electrons. The molecule has 0 aliphatic rings. The van der Waals surface area contributed by atoms with Crippen LogP contribution in [0.4, 0.5) is 0 Å². The number of esters is 1. The second-order valence-electron chi connectivity index (χ2n) is 5.53. The van der Waals surface area contributed by atoms with E-state index in [0.29, 0.717) is 17.0 Å². The minimum Gasteiger partial charge on any atom is -0.508 e. The molecule has 0 spiro atoms. The number of benzene rings is 1. The molecule has 0 aliphatic carbocycles. The molecule has 3 N–H and O–H groups in total. The number of halogens is 1. The Morgan fingerprint density at radius 1 is 1.19 bits per heavy atom. The van der Waals surface area contributed by atoms with Crippen LogP contribution < -0.4 is 5.32 Å². The molecule has 0 saturated carbocycles. The van der Waals surface area contributed by atoms with Gasteiger partial charge in [-0.2, -0.15) is 0 Å². The molecule has 1 aromatic rings. The highest BCUT2D eigenvalue weighted by molar-refractivity contribution is 6.30. The van der Waals surface area contributed by atoms with Crippen molar-refractivity contribution < 1.29 is 24.2 Å². The Morgan fingerprint density at radius 2 is 1.81 bits per heavy atom. The van der Waals surface area contributed by atoms with Gasteiger partial charge in [-0.25, -0.2) is 0 Å². The summed E-state index contributed by atoms with van der Waals surface area (Å²) < 4.78 is 4.87. The van der Waals surface area contributed by atoms with Crippen molar-refractivity contribution in [2.75, 3.05) is 13.2 Å². The zero-order chi connectivity index (χ0) is 19.7. The maximum Gasteiger partial charge on any atom is 0.306 e. The molecule has 1 aromatic carbocycles. The number of ether oxygens (including phenoxy) is 1. The van der Waals surface area contributed by atoms with Gasteiger partial charge < -0.3 is 20.6 Å². The fraction of sp³-hybridized carbons (Fsp3) is 0.333. The lowest BCUT2D eigenvalue weighted by molar-refractivity contribution is -0.143. The summed E-state index contributed by atoms with van der Waals surface area (Å²) in [5.74, 6) is -1.78. The van der Waals surface area contributed by atoms with E-state index in [0.717, 1.165) is 0 Å². The molecule has 0 heterocycles. The lowest BCUT2D eigenvalue weighted by Gasteiger charge is -2.08. The number of aliphatic hydroxyl groups excluding tert-OH is 1. The Labute approximate surface area is 156 Å². The van der Waals surface area contributed by atoms with E-state index in [9.17, 15) is 19.5 Å². The van der Waals surface area contributed by atoms with E-state index in [4.69, 9.17) is 21.7 Å². The largest absolute Gasteiger partial charge is 0.508 e. The van der Waals surface area contributed by atoms with E-state index < -0.39 is 24.1 Å². The summed E-state index contributed by atoms with van der Waals surface area (Å²) in [6, 6.07) is 6.41. The number of allylic oxidation sites excluding steroid dienone is 1. The smallest absolute Gasteiger partial charge is 0.306 e. The standard InChI is InChI=1S/C18H21ClN2O5/c1-11(20)17(12(2)22)15(23)10-26-16(24)4-3-9-21-18(25)13-5-7-14(19)8-6-13/h5-8,20,23H,3-4,9-10H2,1-2H3,(H,21,25)/b17-15+,20-11?. The average Bonchev–Trinajstić information content (AvgIpc) is 2.56. The van der Waals surface area contributed by atoms with Gasteiger partial charge in [0.05, 0.1) is 5.57 Å². The van der Waals surface area contributed by atoms with Crippen LogP contribution in [0.2, 0.25) is 5.02 Å². The van der Waals surface area contributed by atoms with E-state index in [1.165, 1.54) is 13.8 Å². The second-order valence-corrected chi connectivity index (χ2v) is 5.97. The molecule has 0 saturated heterocycles. The number of Topliss-reactive ketones (excluding diaryl/α,β-unsaturated/α-hetero) is 1. The van der Waals surface area contributed by atoms with E-state index >= 15 is 0 Å². The van der Waals surface area contributed by atoms with Crippen LogP contribution in [0.15, 0.2) is 35.6 Å². The third kappa shape index (κ3) is 7.06. The fourth-order valence-electron chi connectivity index (χ4n) is 2.11. The topological polar surface area (TPSA) is 117 Å². The van der Waals surface area contributed by atoms with Crippen molar-refractivity contribution in [1.29, 1.82) is 5.41 Å². The number of ketones is 1. The van der Waals surface area contributed by atoms with Crippen molar-refractivity contribution >= 4 is 35.0 Å². The highest BCUT2D eigenvalue weighted by Gasteiger charge is 2.15. The maximum atomic E-state index is 11.9. The maximum absolute atomic E-state index is 11.9. The number of nitrogens with one attached hydrogen (secondary N) is 2. The first-order valence-corrected chi connectivity index (χ1v) is 8.28. The van der Waals surface area contributed by atoms with Crippen LogP contribution in [0.25, 0.3) is 0 Å². The number of hydrogen-bond donors (Lipinski definition) is 3. The highest BCUT2D eigenvalue weighted by Crippen LogP contribution is 2.09. The third-order valence-electron chi connectivity index (χ3n) is 3.34. The summed E-state index contributed by atoms with van der Waals surface area (Å²) in [5.41, 5.74) is 0.204. The van der Waals surface area contributed by atoms with Crippen LogP contribution in [-0.2, 0) is 14.3 Å². The molecule has 0 bridgehead atoms. The Kier molecular flexibility index (Phi) is 8.51. The average molecular weight is 381 g/mol. The molecular weight excluding hydrogens is 360 g/mol. The van der Waals surface area contributed by atoms with Crippen LogP contribution in [0.3, 0.4) is 0 Å². The minimum atomic E-state index is -0.581. The van der Waals surface area contributed by atoms with Crippen molar-refractivity contribution in [3.63, 3.8) is 0 Å². The summed E-state index contributed by atoms with van der Waals surface area (Å²) in [7, 11) is 0. The van der Waals surface area contributed by atoms with Gasteiger partial charge in [0.15, 0.2) is 5.78 Å². The normalized spacial score (nSPS) is 11.3. The van der Waals surface area contributed by atoms with Crippen LogP contribution in [0, 0.1) is 5.41 Å². The first-order valence-electron chi connectivity index (χ1n) is 7.90.